The normalized spacial score (nSPS) is 30.9. The summed E-state index contributed by atoms with van der Waals surface area (Å²) < 4.78 is 26.5. The van der Waals surface area contributed by atoms with Crippen molar-refractivity contribution in [1.82, 2.24) is 4.72 Å². The first-order chi connectivity index (χ1) is 9.08. The molecule has 1 aliphatic heterocycles. The Kier molecular flexibility index (Phi) is 3.06. The molecule has 1 saturated carbocycles. The average molecular weight is 279 g/mol. The second-order valence-electron chi connectivity index (χ2n) is 5.10. The van der Waals surface area contributed by atoms with E-state index < -0.39 is 10.0 Å². The number of amidine groups is 1. The van der Waals surface area contributed by atoms with Crippen molar-refractivity contribution in [3.63, 3.8) is 0 Å². The molecular formula is C13H17N3O2S. The Morgan fingerprint density at radius 3 is 2.74 bits per heavy atom. The summed E-state index contributed by atoms with van der Waals surface area (Å²) in [5, 5.41) is 0. The standard InChI is InChI=1S/C13H17N3O2S/c14-10-6-2-3-7-11(10)15-13-9-5-1-4-8-12(9)19(17,18)16-13/h1,4-5,8,10-11H,2-3,6-7,14H2,(H,15,16)/t10-,11-/m0/s1. The maximum atomic E-state index is 12.0. The molecule has 6 heteroatoms. The van der Waals surface area contributed by atoms with E-state index in [-0.39, 0.29) is 12.1 Å². The third-order valence-corrected chi connectivity index (χ3v) is 5.14. The number of nitrogens with two attached hydrogens (primary N) is 1. The van der Waals surface area contributed by atoms with Gasteiger partial charge in [-0.2, -0.15) is 0 Å². The monoisotopic (exact) mass is 279 g/mol. The number of fused-ring (bicyclic) bond motifs is 1. The summed E-state index contributed by atoms with van der Waals surface area (Å²) in [6, 6.07) is 6.95. The van der Waals surface area contributed by atoms with Gasteiger partial charge in [-0.25, -0.2) is 8.42 Å². The first-order valence-electron chi connectivity index (χ1n) is 6.53. The van der Waals surface area contributed by atoms with Gasteiger partial charge in [0.15, 0.2) is 0 Å². The number of aliphatic imine (C=N–C) groups is 1. The Bertz CT molecular complexity index is 625. The minimum atomic E-state index is -3.44. The van der Waals surface area contributed by atoms with Crippen LogP contribution in [0.5, 0.6) is 0 Å². The van der Waals surface area contributed by atoms with E-state index in [1.807, 2.05) is 6.07 Å². The van der Waals surface area contributed by atoms with Gasteiger partial charge in [-0.05, 0) is 25.0 Å². The lowest BCUT2D eigenvalue weighted by atomic mass is 9.91. The number of rotatable bonds is 1. The molecule has 0 amide bonds. The molecule has 1 aromatic carbocycles. The van der Waals surface area contributed by atoms with Crippen molar-refractivity contribution >= 4 is 15.9 Å². The largest absolute Gasteiger partial charge is 0.326 e. The molecule has 0 radical (unpaired) electrons. The van der Waals surface area contributed by atoms with Gasteiger partial charge < -0.3 is 5.73 Å². The van der Waals surface area contributed by atoms with E-state index in [4.69, 9.17) is 5.73 Å². The summed E-state index contributed by atoms with van der Waals surface area (Å²) in [5.74, 6) is 0.443. The minimum absolute atomic E-state index is 0.0117. The zero-order chi connectivity index (χ0) is 13.5. The SMILES string of the molecule is N[C@H]1CCCC[C@@H]1N=C1NS(=O)(=O)c2ccccc21. The number of sulfonamides is 1. The highest BCUT2D eigenvalue weighted by molar-refractivity contribution is 7.90. The van der Waals surface area contributed by atoms with Crippen LogP contribution in [-0.4, -0.2) is 26.3 Å². The maximum Gasteiger partial charge on any atom is 0.263 e. The molecule has 102 valence electrons. The van der Waals surface area contributed by atoms with E-state index in [9.17, 15) is 8.42 Å². The number of nitrogens with zero attached hydrogens (tertiary/aromatic N) is 1. The van der Waals surface area contributed by atoms with E-state index >= 15 is 0 Å². The average Bonchev–Trinajstić information content (AvgIpc) is 2.65. The van der Waals surface area contributed by atoms with Crippen LogP contribution in [0.3, 0.4) is 0 Å². The summed E-state index contributed by atoms with van der Waals surface area (Å²) in [6.07, 6.45) is 4.11. The Hall–Kier alpha value is -1.40. The number of hydrogen-bond donors (Lipinski definition) is 2. The molecule has 0 bridgehead atoms. The van der Waals surface area contributed by atoms with Crippen molar-refractivity contribution in [3.8, 4) is 0 Å². The van der Waals surface area contributed by atoms with E-state index in [1.54, 1.807) is 18.2 Å². The van der Waals surface area contributed by atoms with Gasteiger partial charge >= 0.3 is 0 Å². The first kappa shape index (κ1) is 12.6. The Morgan fingerprint density at radius 2 is 1.95 bits per heavy atom. The van der Waals surface area contributed by atoms with Crippen molar-refractivity contribution in [2.75, 3.05) is 0 Å². The molecule has 0 spiro atoms. The summed E-state index contributed by atoms with van der Waals surface area (Å²) in [6.45, 7) is 0. The van der Waals surface area contributed by atoms with Crippen LogP contribution in [0.25, 0.3) is 0 Å². The van der Waals surface area contributed by atoms with Gasteiger partial charge in [-0.3, -0.25) is 9.71 Å². The van der Waals surface area contributed by atoms with Crippen molar-refractivity contribution in [2.24, 2.45) is 10.7 Å². The molecule has 2 aliphatic rings. The van der Waals surface area contributed by atoms with Crippen LogP contribution in [0.4, 0.5) is 0 Å². The van der Waals surface area contributed by atoms with Crippen molar-refractivity contribution in [2.45, 2.75) is 42.7 Å². The number of hydrogen-bond acceptors (Lipinski definition) is 4. The highest BCUT2D eigenvalue weighted by Crippen LogP contribution is 2.25. The first-order valence-corrected chi connectivity index (χ1v) is 8.02. The fourth-order valence-electron chi connectivity index (χ4n) is 2.70. The Morgan fingerprint density at radius 1 is 1.21 bits per heavy atom. The Balaban J connectivity index is 1.99. The van der Waals surface area contributed by atoms with Crippen LogP contribution in [0.2, 0.25) is 0 Å². The van der Waals surface area contributed by atoms with Crippen molar-refractivity contribution in [1.29, 1.82) is 0 Å². The topological polar surface area (TPSA) is 84.5 Å². The number of benzene rings is 1. The third-order valence-electron chi connectivity index (χ3n) is 3.74. The van der Waals surface area contributed by atoms with Gasteiger partial charge in [0.05, 0.1) is 10.9 Å². The van der Waals surface area contributed by atoms with Gasteiger partial charge in [0.1, 0.15) is 5.84 Å². The lowest BCUT2D eigenvalue weighted by molar-refractivity contribution is 0.386. The van der Waals surface area contributed by atoms with E-state index in [1.165, 1.54) is 0 Å². The molecule has 0 saturated heterocycles. The predicted molar refractivity (Wildman–Crippen MR) is 73.5 cm³/mol. The second-order valence-corrected chi connectivity index (χ2v) is 6.75. The van der Waals surface area contributed by atoms with E-state index in [0.717, 1.165) is 25.7 Å². The van der Waals surface area contributed by atoms with Crippen molar-refractivity contribution < 1.29 is 8.42 Å². The summed E-state index contributed by atoms with van der Waals surface area (Å²) in [4.78, 5) is 4.86. The summed E-state index contributed by atoms with van der Waals surface area (Å²) in [7, 11) is -3.44. The summed E-state index contributed by atoms with van der Waals surface area (Å²) >= 11 is 0. The van der Waals surface area contributed by atoms with Gasteiger partial charge in [-0.1, -0.05) is 25.0 Å². The molecule has 1 aliphatic carbocycles. The molecule has 3 N–H and O–H groups in total. The zero-order valence-electron chi connectivity index (χ0n) is 10.5. The third kappa shape index (κ3) is 2.26. The van der Waals surface area contributed by atoms with Gasteiger partial charge in [0.25, 0.3) is 10.0 Å². The zero-order valence-corrected chi connectivity index (χ0v) is 11.4. The molecule has 19 heavy (non-hydrogen) atoms. The van der Waals surface area contributed by atoms with Gasteiger partial charge in [0.2, 0.25) is 0 Å². The quantitative estimate of drug-likeness (QED) is 0.804. The Labute approximate surface area is 113 Å². The van der Waals surface area contributed by atoms with Gasteiger partial charge in [0, 0.05) is 11.6 Å². The smallest absolute Gasteiger partial charge is 0.263 e. The molecule has 5 nitrogen and oxygen atoms in total. The van der Waals surface area contributed by atoms with E-state index in [2.05, 4.69) is 9.71 Å². The lowest BCUT2D eigenvalue weighted by Gasteiger charge is -2.25. The summed E-state index contributed by atoms with van der Waals surface area (Å²) in [5.41, 5.74) is 6.71. The van der Waals surface area contributed by atoms with Crippen LogP contribution >= 0.6 is 0 Å². The predicted octanol–water partition coefficient (Wildman–Crippen LogP) is 0.995. The van der Waals surface area contributed by atoms with E-state index in [0.29, 0.717) is 16.3 Å². The molecule has 1 heterocycles. The van der Waals surface area contributed by atoms with Gasteiger partial charge in [-0.15, -0.1) is 0 Å². The molecular weight excluding hydrogens is 262 g/mol. The fourth-order valence-corrected chi connectivity index (χ4v) is 3.93. The van der Waals surface area contributed by atoms with Crippen LogP contribution in [0.1, 0.15) is 31.2 Å². The molecule has 1 aromatic rings. The minimum Gasteiger partial charge on any atom is -0.326 e. The molecule has 3 rings (SSSR count). The van der Waals surface area contributed by atoms with Crippen LogP contribution in [0.15, 0.2) is 34.2 Å². The molecule has 0 aromatic heterocycles. The molecule has 0 unspecified atom stereocenters. The highest BCUT2D eigenvalue weighted by Gasteiger charge is 2.32. The molecule has 2 atom stereocenters. The van der Waals surface area contributed by atoms with Crippen molar-refractivity contribution in [3.05, 3.63) is 29.8 Å². The van der Waals surface area contributed by atoms with Crippen LogP contribution in [-0.2, 0) is 10.0 Å². The lowest BCUT2D eigenvalue weighted by Crippen LogP contribution is -2.38. The maximum absolute atomic E-state index is 12.0. The number of nitrogens with one attached hydrogen (secondary N) is 1. The second kappa shape index (κ2) is 4.61. The fraction of sp³-hybridized carbons (Fsp3) is 0.462. The van der Waals surface area contributed by atoms with Crippen LogP contribution < -0.4 is 10.5 Å². The molecule has 1 fully saturated rings. The highest BCUT2D eigenvalue weighted by atomic mass is 32.2. The van der Waals surface area contributed by atoms with Crippen LogP contribution in [0, 0.1) is 0 Å².